The second kappa shape index (κ2) is 6.32. The Hall–Kier alpha value is -1.47. The van der Waals surface area contributed by atoms with Gasteiger partial charge in [0.25, 0.3) is 0 Å². The average molecular weight is 296 g/mol. The van der Waals surface area contributed by atoms with Gasteiger partial charge in [-0.1, -0.05) is 13.8 Å². The van der Waals surface area contributed by atoms with Crippen molar-refractivity contribution in [2.24, 2.45) is 11.7 Å². The Morgan fingerprint density at radius 1 is 1.40 bits per heavy atom. The molecule has 0 radical (unpaired) electrons. The molecule has 2 rings (SSSR count). The van der Waals surface area contributed by atoms with E-state index in [1.807, 2.05) is 13.8 Å². The summed E-state index contributed by atoms with van der Waals surface area (Å²) >= 11 is 1.52. The molecule has 0 unspecified atom stereocenters. The van der Waals surface area contributed by atoms with Gasteiger partial charge in [-0.05, 0) is 25.2 Å². The Kier molecular flexibility index (Phi) is 4.72. The van der Waals surface area contributed by atoms with E-state index in [9.17, 15) is 9.59 Å². The van der Waals surface area contributed by atoms with Gasteiger partial charge < -0.3 is 16.4 Å². The number of thiazole rings is 1. The average Bonchev–Trinajstić information content (AvgIpc) is 2.95. The maximum absolute atomic E-state index is 11.7. The standard InChI is InChI=1S/C13H20N4O2S/c1-7(2)11(14)12(19)15-6-10(18)17-13-16-8-4-3-5-9(8)20-13/h7,11H,3-6,14H2,1-2H3,(H,15,19)(H,16,17,18)/t11-/m0/s1. The first kappa shape index (κ1) is 14.9. The van der Waals surface area contributed by atoms with Gasteiger partial charge in [-0.15, -0.1) is 11.3 Å². The lowest BCUT2D eigenvalue weighted by molar-refractivity contribution is -0.125. The van der Waals surface area contributed by atoms with Gasteiger partial charge in [0.05, 0.1) is 18.3 Å². The number of nitrogens with two attached hydrogens (primary N) is 1. The van der Waals surface area contributed by atoms with Crippen molar-refractivity contribution in [3.8, 4) is 0 Å². The largest absolute Gasteiger partial charge is 0.346 e. The van der Waals surface area contributed by atoms with Gasteiger partial charge in [0.2, 0.25) is 11.8 Å². The molecule has 0 saturated carbocycles. The van der Waals surface area contributed by atoms with E-state index in [4.69, 9.17) is 5.73 Å². The SMILES string of the molecule is CC(C)[C@H](N)C(=O)NCC(=O)Nc1nc2c(s1)CCC2. The van der Waals surface area contributed by atoms with Crippen LogP contribution in [0.15, 0.2) is 0 Å². The summed E-state index contributed by atoms with van der Waals surface area (Å²) in [6.07, 6.45) is 3.18. The molecular formula is C13H20N4O2S. The van der Waals surface area contributed by atoms with Crippen molar-refractivity contribution in [1.29, 1.82) is 0 Å². The van der Waals surface area contributed by atoms with Crippen molar-refractivity contribution in [1.82, 2.24) is 10.3 Å². The summed E-state index contributed by atoms with van der Waals surface area (Å²) in [7, 11) is 0. The Morgan fingerprint density at radius 3 is 2.80 bits per heavy atom. The van der Waals surface area contributed by atoms with Gasteiger partial charge >= 0.3 is 0 Å². The number of aryl methyl sites for hydroxylation is 2. The Labute approximate surface area is 122 Å². The molecule has 0 aromatic carbocycles. The van der Waals surface area contributed by atoms with Crippen molar-refractivity contribution in [3.05, 3.63) is 10.6 Å². The number of hydrogen-bond donors (Lipinski definition) is 3. The van der Waals surface area contributed by atoms with Gasteiger partial charge in [0.15, 0.2) is 5.13 Å². The predicted molar refractivity (Wildman–Crippen MR) is 78.6 cm³/mol. The first-order chi connectivity index (χ1) is 9.47. The summed E-state index contributed by atoms with van der Waals surface area (Å²) in [6, 6.07) is -0.591. The highest BCUT2D eigenvalue weighted by Gasteiger charge is 2.19. The lowest BCUT2D eigenvalue weighted by Gasteiger charge is -2.14. The molecule has 4 N–H and O–H groups in total. The number of carbonyl (C=O) groups is 2. The van der Waals surface area contributed by atoms with Crippen molar-refractivity contribution in [2.45, 2.75) is 39.2 Å². The number of carbonyl (C=O) groups excluding carboxylic acids is 2. The highest BCUT2D eigenvalue weighted by atomic mass is 32.1. The molecule has 7 heteroatoms. The van der Waals surface area contributed by atoms with E-state index in [1.165, 1.54) is 16.2 Å². The summed E-state index contributed by atoms with van der Waals surface area (Å²) in [5.41, 5.74) is 6.79. The lowest BCUT2D eigenvalue weighted by atomic mass is 10.1. The number of rotatable bonds is 5. The minimum Gasteiger partial charge on any atom is -0.346 e. The topological polar surface area (TPSA) is 97.1 Å². The molecule has 0 fully saturated rings. The summed E-state index contributed by atoms with van der Waals surface area (Å²) in [5.74, 6) is -0.543. The van der Waals surface area contributed by atoms with Crippen LogP contribution in [-0.4, -0.2) is 29.4 Å². The molecule has 1 aromatic rings. The fraction of sp³-hybridized carbons (Fsp3) is 0.615. The van der Waals surface area contributed by atoms with E-state index in [2.05, 4.69) is 15.6 Å². The molecule has 0 bridgehead atoms. The van der Waals surface area contributed by atoms with Crippen molar-refractivity contribution in [3.63, 3.8) is 0 Å². The fourth-order valence-electron chi connectivity index (χ4n) is 2.00. The summed E-state index contributed by atoms with van der Waals surface area (Å²) < 4.78 is 0. The molecule has 1 aliphatic carbocycles. The zero-order chi connectivity index (χ0) is 14.7. The minimum atomic E-state index is -0.591. The highest BCUT2D eigenvalue weighted by molar-refractivity contribution is 7.15. The first-order valence-electron chi connectivity index (χ1n) is 6.79. The third-order valence-corrected chi connectivity index (χ3v) is 4.36. The highest BCUT2D eigenvalue weighted by Crippen LogP contribution is 2.30. The number of aromatic nitrogens is 1. The van der Waals surface area contributed by atoms with Crippen LogP contribution in [0.1, 0.15) is 30.8 Å². The number of amides is 2. The number of nitrogens with one attached hydrogen (secondary N) is 2. The molecular weight excluding hydrogens is 276 g/mol. The normalized spacial score (nSPS) is 15.0. The summed E-state index contributed by atoms with van der Waals surface area (Å²) in [5, 5.41) is 5.85. The third kappa shape index (κ3) is 3.55. The van der Waals surface area contributed by atoms with Crippen LogP contribution >= 0.6 is 11.3 Å². The van der Waals surface area contributed by atoms with Crippen LogP contribution in [0.4, 0.5) is 5.13 Å². The summed E-state index contributed by atoms with van der Waals surface area (Å²) in [6.45, 7) is 3.65. The van der Waals surface area contributed by atoms with Crippen LogP contribution in [0.5, 0.6) is 0 Å². The molecule has 1 aromatic heterocycles. The van der Waals surface area contributed by atoms with Crippen molar-refractivity contribution >= 4 is 28.3 Å². The van der Waals surface area contributed by atoms with Gasteiger partial charge in [-0.25, -0.2) is 4.98 Å². The quantitative estimate of drug-likeness (QED) is 0.744. The van der Waals surface area contributed by atoms with Gasteiger partial charge in [-0.3, -0.25) is 9.59 Å². The zero-order valence-corrected chi connectivity index (χ0v) is 12.5. The molecule has 0 spiro atoms. The Morgan fingerprint density at radius 2 is 2.15 bits per heavy atom. The predicted octanol–water partition coefficient (Wildman–Crippen LogP) is 0.670. The second-order valence-corrected chi connectivity index (χ2v) is 6.36. The molecule has 6 nitrogen and oxygen atoms in total. The smallest absolute Gasteiger partial charge is 0.245 e. The maximum Gasteiger partial charge on any atom is 0.245 e. The van der Waals surface area contributed by atoms with Crippen molar-refractivity contribution < 1.29 is 9.59 Å². The molecule has 1 aliphatic rings. The molecule has 1 atom stereocenters. The summed E-state index contributed by atoms with van der Waals surface area (Å²) in [4.78, 5) is 29.0. The second-order valence-electron chi connectivity index (χ2n) is 5.28. The van der Waals surface area contributed by atoms with Crippen molar-refractivity contribution in [2.75, 3.05) is 11.9 Å². The van der Waals surface area contributed by atoms with Crippen LogP contribution in [0.2, 0.25) is 0 Å². The van der Waals surface area contributed by atoms with Gasteiger partial charge in [-0.2, -0.15) is 0 Å². The fourth-order valence-corrected chi connectivity index (χ4v) is 3.06. The van der Waals surface area contributed by atoms with Crippen LogP contribution < -0.4 is 16.4 Å². The zero-order valence-electron chi connectivity index (χ0n) is 11.7. The monoisotopic (exact) mass is 296 g/mol. The minimum absolute atomic E-state index is 0.0417. The van der Waals surface area contributed by atoms with E-state index in [-0.39, 0.29) is 24.3 Å². The van der Waals surface area contributed by atoms with Gasteiger partial charge in [0.1, 0.15) is 0 Å². The number of fused-ring (bicyclic) bond motifs is 1. The van der Waals surface area contributed by atoms with Crippen LogP contribution in [0.25, 0.3) is 0 Å². The molecule has 1 heterocycles. The number of nitrogens with zero attached hydrogens (tertiary/aromatic N) is 1. The lowest BCUT2D eigenvalue weighted by Crippen LogP contribution is -2.46. The van der Waals surface area contributed by atoms with E-state index >= 15 is 0 Å². The molecule has 20 heavy (non-hydrogen) atoms. The van der Waals surface area contributed by atoms with Crippen LogP contribution in [0, 0.1) is 5.92 Å². The molecule has 2 amide bonds. The number of anilines is 1. The molecule has 0 saturated heterocycles. The van der Waals surface area contributed by atoms with Crippen LogP contribution in [0.3, 0.4) is 0 Å². The van der Waals surface area contributed by atoms with E-state index in [0.29, 0.717) is 5.13 Å². The number of hydrogen-bond acceptors (Lipinski definition) is 5. The van der Waals surface area contributed by atoms with Crippen LogP contribution in [-0.2, 0) is 22.4 Å². The maximum atomic E-state index is 11.7. The molecule has 110 valence electrons. The molecule has 0 aliphatic heterocycles. The Bertz CT molecular complexity index is 491. The third-order valence-electron chi connectivity index (χ3n) is 3.29. The van der Waals surface area contributed by atoms with Gasteiger partial charge in [0, 0.05) is 4.88 Å². The van der Waals surface area contributed by atoms with E-state index < -0.39 is 6.04 Å². The van der Waals surface area contributed by atoms with E-state index in [0.717, 1.165) is 25.0 Å². The Balaban J connectivity index is 1.79. The first-order valence-corrected chi connectivity index (χ1v) is 7.60. The van der Waals surface area contributed by atoms with E-state index in [1.54, 1.807) is 0 Å².